The molecule has 0 saturated carbocycles. The quantitative estimate of drug-likeness (QED) is 0.648. The van der Waals surface area contributed by atoms with Crippen molar-refractivity contribution in [2.75, 3.05) is 25.0 Å². The van der Waals surface area contributed by atoms with Gasteiger partial charge < -0.3 is 15.2 Å². The first kappa shape index (κ1) is 18.8. The van der Waals surface area contributed by atoms with E-state index in [1.807, 2.05) is 24.3 Å². The molecule has 4 heteroatoms. The molecule has 2 heterocycles. The number of benzene rings is 2. The SMILES string of the molecule is CC(C)CN1CCC(C(=O)Nc2ccc(-c3cc4ccccc4[nH]3)cc2)CC1. The number of aromatic nitrogens is 1. The Balaban J connectivity index is 1.36. The van der Waals surface area contributed by atoms with Gasteiger partial charge in [-0.1, -0.05) is 44.2 Å². The zero-order chi connectivity index (χ0) is 19.5. The molecule has 0 aliphatic carbocycles. The maximum absolute atomic E-state index is 12.6. The average Bonchev–Trinajstić information content (AvgIpc) is 3.13. The fraction of sp³-hybridized carbons (Fsp3) is 0.375. The van der Waals surface area contributed by atoms with Crippen LogP contribution in [0.25, 0.3) is 22.2 Å². The van der Waals surface area contributed by atoms with E-state index in [0.29, 0.717) is 5.92 Å². The number of fused-ring (bicyclic) bond motifs is 1. The molecule has 1 saturated heterocycles. The molecular formula is C24H29N3O. The maximum Gasteiger partial charge on any atom is 0.227 e. The summed E-state index contributed by atoms with van der Waals surface area (Å²) in [6.45, 7) is 7.67. The summed E-state index contributed by atoms with van der Waals surface area (Å²) in [7, 11) is 0. The molecule has 0 unspecified atom stereocenters. The zero-order valence-corrected chi connectivity index (χ0v) is 16.7. The third-order valence-electron chi connectivity index (χ3n) is 5.58. The highest BCUT2D eigenvalue weighted by Gasteiger charge is 2.25. The number of H-pyrrole nitrogens is 1. The fourth-order valence-electron chi connectivity index (χ4n) is 4.10. The molecule has 28 heavy (non-hydrogen) atoms. The molecule has 1 fully saturated rings. The van der Waals surface area contributed by atoms with Gasteiger partial charge in [0.2, 0.25) is 5.91 Å². The van der Waals surface area contributed by atoms with Crippen LogP contribution in [0.5, 0.6) is 0 Å². The Morgan fingerprint density at radius 1 is 1.11 bits per heavy atom. The highest BCUT2D eigenvalue weighted by atomic mass is 16.1. The standard InChI is InChI=1S/C24H29N3O/c1-17(2)16-27-13-11-19(12-14-27)24(28)25-21-9-7-18(8-10-21)23-15-20-5-3-4-6-22(20)26-23/h3-10,15,17,19,26H,11-14,16H2,1-2H3,(H,25,28). The van der Waals surface area contributed by atoms with Gasteiger partial charge in [0, 0.05) is 34.7 Å². The number of likely N-dealkylation sites (tertiary alicyclic amines) is 1. The number of piperidine rings is 1. The molecule has 4 nitrogen and oxygen atoms in total. The minimum absolute atomic E-state index is 0.122. The number of para-hydroxylation sites is 1. The Morgan fingerprint density at radius 2 is 1.82 bits per heavy atom. The van der Waals surface area contributed by atoms with Crippen LogP contribution < -0.4 is 5.32 Å². The first-order valence-corrected chi connectivity index (χ1v) is 10.3. The van der Waals surface area contributed by atoms with Crippen LogP contribution in [0.3, 0.4) is 0 Å². The van der Waals surface area contributed by atoms with E-state index in [1.54, 1.807) is 0 Å². The summed E-state index contributed by atoms with van der Waals surface area (Å²) in [5.41, 5.74) is 4.22. The lowest BCUT2D eigenvalue weighted by Crippen LogP contribution is -2.39. The number of nitrogens with zero attached hydrogens (tertiary/aromatic N) is 1. The van der Waals surface area contributed by atoms with Crippen molar-refractivity contribution in [1.29, 1.82) is 0 Å². The van der Waals surface area contributed by atoms with E-state index < -0.39 is 0 Å². The molecule has 1 aliphatic heterocycles. The lowest BCUT2D eigenvalue weighted by atomic mass is 9.95. The molecular weight excluding hydrogens is 346 g/mol. The van der Waals surface area contributed by atoms with Gasteiger partial charge in [0.25, 0.3) is 0 Å². The predicted molar refractivity (Wildman–Crippen MR) is 116 cm³/mol. The predicted octanol–water partition coefficient (Wildman–Crippen LogP) is 5.14. The molecule has 3 aromatic rings. The monoisotopic (exact) mass is 375 g/mol. The summed E-state index contributed by atoms with van der Waals surface area (Å²) in [4.78, 5) is 18.6. The number of anilines is 1. The van der Waals surface area contributed by atoms with Crippen LogP contribution in [0, 0.1) is 11.8 Å². The highest BCUT2D eigenvalue weighted by Crippen LogP contribution is 2.26. The van der Waals surface area contributed by atoms with Crippen LogP contribution >= 0.6 is 0 Å². The molecule has 0 bridgehead atoms. The van der Waals surface area contributed by atoms with Gasteiger partial charge in [-0.15, -0.1) is 0 Å². The van der Waals surface area contributed by atoms with Crippen LogP contribution in [0.15, 0.2) is 54.6 Å². The van der Waals surface area contributed by atoms with E-state index >= 15 is 0 Å². The number of aromatic amines is 1. The number of rotatable bonds is 5. The van der Waals surface area contributed by atoms with Crippen LogP contribution in [-0.2, 0) is 4.79 Å². The third-order valence-corrected chi connectivity index (χ3v) is 5.58. The van der Waals surface area contributed by atoms with Gasteiger partial charge in [-0.05, 0) is 61.7 Å². The molecule has 2 aromatic carbocycles. The van der Waals surface area contributed by atoms with Crippen LogP contribution in [0.1, 0.15) is 26.7 Å². The number of amides is 1. The Morgan fingerprint density at radius 3 is 2.50 bits per heavy atom. The Bertz CT molecular complexity index is 901. The lowest BCUT2D eigenvalue weighted by molar-refractivity contribution is -0.121. The lowest BCUT2D eigenvalue weighted by Gasteiger charge is -2.32. The normalized spacial score (nSPS) is 16.0. The van der Waals surface area contributed by atoms with Gasteiger partial charge in [-0.3, -0.25) is 4.79 Å². The summed E-state index contributed by atoms with van der Waals surface area (Å²) >= 11 is 0. The molecule has 1 aliphatic rings. The second kappa shape index (κ2) is 8.19. The van der Waals surface area contributed by atoms with Gasteiger partial charge in [-0.25, -0.2) is 0 Å². The van der Waals surface area contributed by atoms with Crippen molar-refractivity contribution >= 4 is 22.5 Å². The van der Waals surface area contributed by atoms with E-state index in [0.717, 1.165) is 54.9 Å². The van der Waals surface area contributed by atoms with Crippen molar-refractivity contribution in [3.63, 3.8) is 0 Å². The summed E-state index contributed by atoms with van der Waals surface area (Å²) < 4.78 is 0. The van der Waals surface area contributed by atoms with E-state index in [9.17, 15) is 4.79 Å². The van der Waals surface area contributed by atoms with Gasteiger partial charge in [0.05, 0.1) is 0 Å². The first-order chi connectivity index (χ1) is 13.6. The maximum atomic E-state index is 12.6. The summed E-state index contributed by atoms with van der Waals surface area (Å²) in [5, 5.41) is 4.31. The van der Waals surface area contributed by atoms with Crippen molar-refractivity contribution in [2.45, 2.75) is 26.7 Å². The number of carbonyl (C=O) groups is 1. The van der Waals surface area contributed by atoms with E-state index in [4.69, 9.17) is 0 Å². The average molecular weight is 376 g/mol. The largest absolute Gasteiger partial charge is 0.355 e. The summed E-state index contributed by atoms with van der Waals surface area (Å²) in [6, 6.07) is 18.5. The summed E-state index contributed by atoms with van der Waals surface area (Å²) in [5.74, 6) is 0.959. The topological polar surface area (TPSA) is 48.1 Å². The second-order valence-corrected chi connectivity index (χ2v) is 8.31. The van der Waals surface area contributed by atoms with Crippen LogP contribution in [-0.4, -0.2) is 35.4 Å². The zero-order valence-electron chi connectivity index (χ0n) is 16.7. The van der Waals surface area contributed by atoms with Crippen molar-refractivity contribution in [3.05, 3.63) is 54.6 Å². The minimum atomic E-state index is 0.122. The molecule has 1 amide bonds. The third kappa shape index (κ3) is 4.28. The molecule has 0 atom stereocenters. The molecule has 1 aromatic heterocycles. The fourth-order valence-corrected chi connectivity index (χ4v) is 4.10. The van der Waals surface area contributed by atoms with Gasteiger partial charge in [-0.2, -0.15) is 0 Å². The van der Waals surface area contributed by atoms with E-state index in [-0.39, 0.29) is 11.8 Å². The van der Waals surface area contributed by atoms with Gasteiger partial charge in [0.15, 0.2) is 0 Å². The van der Waals surface area contributed by atoms with E-state index in [1.165, 1.54) is 5.39 Å². The van der Waals surface area contributed by atoms with Gasteiger partial charge in [0.1, 0.15) is 0 Å². The van der Waals surface area contributed by atoms with Crippen molar-refractivity contribution in [3.8, 4) is 11.3 Å². The molecule has 2 N–H and O–H groups in total. The number of hydrogen-bond donors (Lipinski definition) is 2. The van der Waals surface area contributed by atoms with Crippen LogP contribution in [0.4, 0.5) is 5.69 Å². The smallest absolute Gasteiger partial charge is 0.227 e. The van der Waals surface area contributed by atoms with Crippen molar-refractivity contribution < 1.29 is 4.79 Å². The van der Waals surface area contributed by atoms with Gasteiger partial charge >= 0.3 is 0 Å². The number of carbonyl (C=O) groups excluding carboxylic acids is 1. The molecule has 0 spiro atoms. The number of hydrogen-bond acceptors (Lipinski definition) is 2. The number of nitrogens with one attached hydrogen (secondary N) is 2. The Kier molecular flexibility index (Phi) is 5.49. The Labute approximate surface area is 166 Å². The molecule has 4 rings (SSSR count). The minimum Gasteiger partial charge on any atom is -0.355 e. The van der Waals surface area contributed by atoms with Crippen molar-refractivity contribution in [1.82, 2.24) is 9.88 Å². The second-order valence-electron chi connectivity index (χ2n) is 8.31. The van der Waals surface area contributed by atoms with Crippen molar-refractivity contribution in [2.24, 2.45) is 11.8 Å². The molecule has 146 valence electrons. The summed E-state index contributed by atoms with van der Waals surface area (Å²) in [6.07, 6.45) is 1.90. The Hall–Kier alpha value is -2.59. The molecule has 0 radical (unpaired) electrons. The van der Waals surface area contributed by atoms with E-state index in [2.05, 4.69) is 59.4 Å². The highest BCUT2D eigenvalue weighted by molar-refractivity contribution is 5.93. The first-order valence-electron chi connectivity index (χ1n) is 10.3. The van der Waals surface area contributed by atoms with Crippen LogP contribution in [0.2, 0.25) is 0 Å².